The SMILES string of the molecule is CCOc1ccc(C(C)NC(=NC)NCc2cccc(Cn3ccnc3C)c2)cc1OCC.I. The lowest BCUT2D eigenvalue weighted by Crippen LogP contribution is -2.38. The minimum atomic E-state index is 0. The molecule has 0 aliphatic heterocycles. The Labute approximate surface area is 220 Å². The van der Waals surface area contributed by atoms with E-state index >= 15 is 0 Å². The van der Waals surface area contributed by atoms with Crippen molar-refractivity contribution >= 4 is 29.9 Å². The molecule has 2 aromatic carbocycles. The number of hydrogen-bond acceptors (Lipinski definition) is 4. The second kappa shape index (κ2) is 13.8. The molecule has 3 aromatic rings. The number of nitrogens with one attached hydrogen (secondary N) is 2. The van der Waals surface area contributed by atoms with Crippen LogP contribution in [0.15, 0.2) is 59.9 Å². The lowest BCUT2D eigenvalue weighted by atomic mass is 10.1. The van der Waals surface area contributed by atoms with Gasteiger partial charge in [-0.3, -0.25) is 4.99 Å². The fourth-order valence-corrected chi connectivity index (χ4v) is 3.61. The molecular formula is C26H36IN5O2. The summed E-state index contributed by atoms with van der Waals surface area (Å²) in [6.45, 7) is 10.7. The van der Waals surface area contributed by atoms with Gasteiger partial charge in [0.15, 0.2) is 17.5 Å². The summed E-state index contributed by atoms with van der Waals surface area (Å²) in [4.78, 5) is 8.70. The van der Waals surface area contributed by atoms with E-state index in [9.17, 15) is 0 Å². The molecule has 0 aliphatic carbocycles. The summed E-state index contributed by atoms with van der Waals surface area (Å²) in [5, 5.41) is 6.88. The first-order valence-corrected chi connectivity index (χ1v) is 11.5. The summed E-state index contributed by atoms with van der Waals surface area (Å²) < 4.78 is 13.6. The van der Waals surface area contributed by atoms with Crippen molar-refractivity contribution in [1.82, 2.24) is 20.2 Å². The summed E-state index contributed by atoms with van der Waals surface area (Å²) in [7, 11) is 1.78. The van der Waals surface area contributed by atoms with Gasteiger partial charge in [0, 0.05) is 32.5 Å². The molecule has 7 nitrogen and oxygen atoms in total. The quantitative estimate of drug-likeness (QED) is 0.200. The number of halogens is 1. The Hall–Kier alpha value is -2.75. The van der Waals surface area contributed by atoms with Gasteiger partial charge in [-0.2, -0.15) is 0 Å². The van der Waals surface area contributed by atoms with Gasteiger partial charge in [-0.15, -0.1) is 24.0 Å². The number of imidazole rings is 1. The molecule has 1 aromatic heterocycles. The molecule has 1 heterocycles. The van der Waals surface area contributed by atoms with Crippen LogP contribution < -0.4 is 20.1 Å². The molecule has 0 radical (unpaired) electrons. The number of aliphatic imine (C=N–C) groups is 1. The molecule has 0 spiro atoms. The lowest BCUT2D eigenvalue weighted by molar-refractivity contribution is 0.287. The van der Waals surface area contributed by atoms with Gasteiger partial charge in [-0.1, -0.05) is 30.3 Å². The molecule has 34 heavy (non-hydrogen) atoms. The number of aromatic nitrogens is 2. The minimum absolute atomic E-state index is 0. The van der Waals surface area contributed by atoms with Crippen LogP contribution in [0.1, 0.15) is 49.3 Å². The first kappa shape index (κ1) is 27.5. The first-order valence-electron chi connectivity index (χ1n) is 11.5. The maximum Gasteiger partial charge on any atom is 0.191 e. The van der Waals surface area contributed by atoms with E-state index in [1.165, 1.54) is 11.1 Å². The normalized spacial score (nSPS) is 12.0. The van der Waals surface area contributed by atoms with Crippen molar-refractivity contribution in [3.05, 3.63) is 77.4 Å². The Morgan fingerprint density at radius 1 is 1.06 bits per heavy atom. The van der Waals surface area contributed by atoms with Crippen LogP contribution in [0.4, 0.5) is 0 Å². The van der Waals surface area contributed by atoms with E-state index < -0.39 is 0 Å². The predicted octanol–water partition coefficient (Wildman–Crippen LogP) is 5.08. The molecule has 0 saturated heterocycles. The van der Waals surface area contributed by atoms with E-state index in [1.54, 1.807) is 7.05 Å². The predicted molar refractivity (Wildman–Crippen MR) is 148 cm³/mol. The fourth-order valence-electron chi connectivity index (χ4n) is 3.61. The van der Waals surface area contributed by atoms with Crippen LogP contribution in [-0.4, -0.2) is 35.8 Å². The Bertz CT molecular complexity index is 1070. The molecule has 184 valence electrons. The molecule has 0 aliphatic rings. The molecule has 1 unspecified atom stereocenters. The van der Waals surface area contributed by atoms with Gasteiger partial charge >= 0.3 is 0 Å². The highest BCUT2D eigenvalue weighted by Crippen LogP contribution is 2.30. The maximum atomic E-state index is 5.77. The Kier molecular flexibility index (Phi) is 11.2. The minimum Gasteiger partial charge on any atom is -0.490 e. The lowest BCUT2D eigenvalue weighted by Gasteiger charge is -2.20. The van der Waals surface area contributed by atoms with Crippen molar-refractivity contribution in [3.63, 3.8) is 0 Å². The maximum absolute atomic E-state index is 5.77. The smallest absolute Gasteiger partial charge is 0.191 e. The zero-order valence-corrected chi connectivity index (χ0v) is 23.0. The molecule has 2 N–H and O–H groups in total. The van der Waals surface area contributed by atoms with Gasteiger partial charge in [-0.05, 0) is 56.5 Å². The Balaban J connectivity index is 0.00000408. The third-order valence-electron chi connectivity index (χ3n) is 5.37. The summed E-state index contributed by atoms with van der Waals surface area (Å²) in [6.07, 6.45) is 3.84. The van der Waals surface area contributed by atoms with Gasteiger partial charge < -0.3 is 24.7 Å². The van der Waals surface area contributed by atoms with Crippen molar-refractivity contribution in [1.29, 1.82) is 0 Å². The zero-order valence-electron chi connectivity index (χ0n) is 20.7. The topological polar surface area (TPSA) is 72.7 Å². The van der Waals surface area contributed by atoms with E-state index in [2.05, 4.69) is 62.4 Å². The first-order chi connectivity index (χ1) is 16.0. The van der Waals surface area contributed by atoms with Crippen molar-refractivity contribution in [2.24, 2.45) is 4.99 Å². The van der Waals surface area contributed by atoms with E-state index in [0.29, 0.717) is 19.8 Å². The van der Waals surface area contributed by atoms with Gasteiger partial charge in [0.2, 0.25) is 0 Å². The van der Waals surface area contributed by atoms with Gasteiger partial charge in [0.05, 0.1) is 19.3 Å². The average Bonchev–Trinajstić information content (AvgIpc) is 3.22. The highest BCUT2D eigenvalue weighted by Gasteiger charge is 2.12. The molecule has 0 bridgehead atoms. The van der Waals surface area contributed by atoms with E-state index in [1.807, 2.05) is 45.3 Å². The van der Waals surface area contributed by atoms with Crippen LogP contribution in [-0.2, 0) is 13.1 Å². The number of rotatable bonds is 10. The van der Waals surface area contributed by atoms with E-state index in [0.717, 1.165) is 35.4 Å². The molecule has 0 amide bonds. The van der Waals surface area contributed by atoms with Gasteiger partial charge in [-0.25, -0.2) is 4.98 Å². The Morgan fingerprint density at radius 3 is 2.47 bits per heavy atom. The number of benzene rings is 2. The molecule has 1 atom stereocenters. The molecule has 0 saturated carbocycles. The summed E-state index contributed by atoms with van der Waals surface area (Å²) in [5.41, 5.74) is 3.53. The van der Waals surface area contributed by atoms with Gasteiger partial charge in [0.1, 0.15) is 5.82 Å². The van der Waals surface area contributed by atoms with Crippen molar-refractivity contribution < 1.29 is 9.47 Å². The van der Waals surface area contributed by atoms with E-state index in [-0.39, 0.29) is 30.0 Å². The second-order valence-corrected chi connectivity index (χ2v) is 7.79. The molecule has 0 fully saturated rings. The van der Waals surface area contributed by atoms with Crippen LogP contribution in [0.5, 0.6) is 11.5 Å². The zero-order chi connectivity index (χ0) is 23.6. The van der Waals surface area contributed by atoms with Crippen LogP contribution in [0.25, 0.3) is 0 Å². The van der Waals surface area contributed by atoms with E-state index in [4.69, 9.17) is 9.47 Å². The Morgan fingerprint density at radius 2 is 1.79 bits per heavy atom. The van der Waals surface area contributed by atoms with Crippen LogP contribution in [0.2, 0.25) is 0 Å². The summed E-state index contributed by atoms with van der Waals surface area (Å²) in [6, 6.07) is 14.7. The van der Waals surface area contributed by atoms with Crippen LogP contribution in [0, 0.1) is 6.92 Å². The number of ether oxygens (including phenoxy) is 2. The average molecular weight is 578 g/mol. The molecule has 8 heteroatoms. The van der Waals surface area contributed by atoms with Crippen molar-refractivity contribution in [2.75, 3.05) is 20.3 Å². The second-order valence-electron chi connectivity index (χ2n) is 7.79. The molecule has 3 rings (SSSR count). The summed E-state index contributed by atoms with van der Waals surface area (Å²) in [5.74, 6) is 3.28. The van der Waals surface area contributed by atoms with Crippen LogP contribution in [0.3, 0.4) is 0 Å². The third-order valence-corrected chi connectivity index (χ3v) is 5.37. The summed E-state index contributed by atoms with van der Waals surface area (Å²) >= 11 is 0. The van der Waals surface area contributed by atoms with Crippen LogP contribution >= 0.6 is 24.0 Å². The highest BCUT2D eigenvalue weighted by molar-refractivity contribution is 14.0. The fraction of sp³-hybridized carbons (Fsp3) is 0.385. The standard InChI is InChI=1S/C26H35N5O2.HI/c1-6-32-24-12-11-23(16-25(24)33-7-2)19(3)30-26(27-5)29-17-21-9-8-10-22(15-21)18-31-14-13-28-20(31)4;/h8-16,19H,6-7,17-18H2,1-5H3,(H2,27,29,30);1H. The third kappa shape index (κ3) is 7.65. The number of nitrogens with zero attached hydrogens (tertiary/aromatic N) is 3. The molecular weight excluding hydrogens is 541 g/mol. The van der Waals surface area contributed by atoms with Gasteiger partial charge in [0.25, 0.3) is 0 Å². The van der Waals surface area contributed by atoms with Crippen molar-refractivity contribution in [2.45, 2.75) is 46.8 Å². The number of guanidine groups is 1. The number of hydrogen-bond donors (Lipinski definition) is 2. The number of aryl methyl sites for hydroxylation is 1. The van der Waals surface area contributed by atoms with Crippen molar-refractivity contribution in [3.8, 4) is 11.5 Å². The largest absolute Gasteiger partial charge is 0.490 e. The monoisotopic (exact) mass is 577 g/mol. The highest BCUT2D eigenvalue weighted by atomic mass is 127.